The average Bonchev–Trinajstić information content (AvgIpc) is 2.56. The summed E-state index contributed by atoms with van der Waals surface area (Å²) >= 11 is 0. The topological polar surface area (TPSA) is 133 Å². The third-order valence-electron chi connectivity index (χ3n) is 2.93. The van der Waals surface area contributed by atoms with Gasteiger partial charge in [-0.2, -0.15) is 12.8 Å². The van der Waals surface area contributed by atoms with E-state index in [9.17, 15) is 14.4 Å². The Morgan fingerprint density at radius 3 is 1.89 bits per heavy atom. The molecule has 0 aliphatic carbocycles. The zero-order valence-corrected chi connectivity index (χ0v) is 20.5. The van der Waals surface area contributed by atoms with Gasteiger partial charge in [-0.05, 0) is 37.3 Å². The number of hydrogen-bond donors (Lipinski definition) is 4. The third kappa shape index (κ3) is 19.1. The number of hydrogen-bond acceptors (Lipinski definition) is 4. The number of aliphatic carboxylic acids is 1. The van der Waals surface area contributed by atoms with Crippen molar-refractivity contribution in [3.05, 3.63) is 35.9 Å². The second kappa shape index (κ2) is 20.1. The van der Waals surface area contributed by atoms with Crippen LogP contribution in [0.2, 0.25) is 0 Å². The molecule has 2 amide bonds. The number of carboxylic acid groups (broad SMARTS) is 2. The molecular weight excluding hydrogens is 854 g/mol. The van der Waals surface area contributed by atoms with E-state index in [1.807, 2.05) is 51.1 Å². The van der Waals surface area contributed by atoms with Crippen molar-refractivity contribution in [1.82, 2.24) is 10.6 Å². The molecule has 1 aromatic carbocycles. The number of rotatable bonds is 9. The molecule has 8 nitrogen and oxygen atoms in total. The predicted octanol–water partition coefficient (Wildman–Crippen LogP) is 1.12. The van der Waals surface area contributed by atoms with E-state index in [2.05, 4.69) is 10.6 Å². The fraction of sp³-hybridized carbons (Fsp3) is 0.444. The number of carbonyl (C=O) groups is 2. The smallest absolute Gasteiger partial charge is 0.323 e. The van der Waals surface area contributed by atoms with Crippen molar-refractivity contribution < 1.29 is 29.4 Å². The van der Waals surface area contributed by atoms with Gasteiger partial charge in [0.05, 0.1) is 6.04 Å². The normalized spacial score (nSPS) is 10.6. The molecule has 0 bridgehead atoms. The van der Waals surface area contributed by atoms with Crippen LogP contribution in [0.15, 0.2) is 30.3 Å². The van der Waals surface area contributed by atoms with Crippen LogP contribution in [0.3, 0.4) is 0 Å². The Balaban J connectivity index is -0.000000170. The quantitative estimate of drug-likeness (QED) is 0.167. The first-order valence-corrected chi connectivity index (χ1v) is 7.92. The summed E-state index contributed by atoms with van der Waals surface area (Å²) in [6.07, 6.45) is 4.35. The molecule has 28 heavy (non-hydrogen) atoms. The van der Waals surface area contributed by atoms with E-state index >= 15 is 0 Å². The molecule has 170 valence electrons. The minimum Gasteiger partial charge on any atom is -0.527 e. The monoisotopic (exact) mass is 880 g/mol. The molecule has 0 radical (unpaired) electrons. The van der Waals surface area contributed by atoms with Gasteiger partial charge in [0.2, 0.25) is 0 Å². The van der Waals surface area contributed by atoms with E-state index in [0.29, 0.717) is 6.42 Å². The van der Waals surface area contributed by atoms with E-state index < -0.39 is 12.0 Å². The van der Waals surface area contributed by atoms with E-state index in [-0.39, 0.29) is 18.4 Å². The second-order valence-electron chi connectivity index (χ2n) is 5.71. The molecule has 0 heterocycles. The molecule has 0 aromatic heterocycles. The summed E-state index contributed by atoms with van der Waals surface area (Å²) in [5.74, 6) is -0.765. The fourth-order valence-corrected chi connectivity index (χ4v) is 1.88. The summed E-state index contributed by atoms with van der Waals surface area (Å²) in [5.41, 5.74) is 1.23. The van der Waals surface area contributed by atoms with Crippen LogP contribution in [-0.2, 0) is 25.6 Å². The zero-order valence-electron chi connectivity index (χ0n) is 15.7. The Kier molecular flexibility index (Phi) is 22.3. The second-order valence-corrected chi connectivity index (χ2v) is 5.71. The zero-order chi connectivity index (χ0) is 20.4. The summed E-state index contributed by atoms with van der Waals surface area (Å²) < 4.78 is 0. The summed E-state index contributed by atoms with van der Waals surface area (Å²) in [7, 11) is 0. The molecule has 0 fully saturated rings. The van der Waals surface area contributed by atoms with Gasteiger partial charge in [0.1, 0.15) is 0 Å². The van der Waals surface area contributed by atoms with Crippen molar-refractivity contribution in [2.24, 2.45) is 5.92 Å². The van der Waals surface area contributed by atoms with E-state index in [1.54, 1.807) is 6.41 Å². The van der Waals surface area contributed by atoms with E-state index in [1.165, 1.54) is 12.0 Å². The van der Waals surface area contributed by atoms with Crippen LogP contribution in [0.4, 0.5) is 0 Å². The summed E-state index contributed by atoms with van der Waals surface area (Å²) in [5, 5.41) is 20.1. The van der Waals surface area contributed by atoms with Gasteiger partial charge in [-0.1, -0.05) is 44.2 Å². The van der Waals surface area contributed by atoms with Crippen LogP contribution in [0.1, 0.15) is 32.8 Å². The maximum absolute atomic E-state index is 10.4. The molecule has 2 atom stereocenters. The van der Waals surface area contributed by atoms with Crippen LogP contribution in [0.25, 0.3) is 0 Å². The van der Waals surface area contributed by atoms with E-state index in [0.717, 1.165) is 6.42 Å². The largest absolute Gasteiger partial charge is 0.527 e. The average molecular weight is 880 g/mol. The number of carboxylic acids is 1. The number of carbonyl (C=O) groups excluding carboxylic acids is 2. The Labute approximate surface area is 153 Å². The molecular formula is C18H26Fm2N2O6-2. The first-order chi connectivity index (χ1) is 12.3. The van der Waals surface area contributed by atoms with Gasteiger partial charge >= 0.3 is 5.97 Å². The van der Waals surface area contributed by atoms with Gasteiger partial charge in [0.25, 0.3) is 6.47 Å². The van der Waals surface area contributed by atoms with Gasteiger partial charge in [-0.3, -0.25) is 9.59 Å². The van der Waals surface area contributed by atoms with Crippen molar-refractivity contribution in [3.8, 4) is 0 Å². The van der Waals surface area contributed by atoms with Crippen LogP contribution in [0, 0.1) is 5.92 Å². The predicted molar refractivity (Wildman–Crippen MR) is 96.8 cm³/mol. The summed E-state index contributed by atoms with van der Waals surface area (Å²) in [4.78, 5) is 38.5. The van der Waals surface area contributed by atoms with E-state index in [4.69, 9.17) is 15.0 Å². The first kappa shape index (κ1) is 30.9. The molecule has 2 unspecified atom stereocenters. The van der Waals surface area contributed by atoms with Gasteiger partial charge in [-0.25, -0.2) is 0 Å². The Hall–Kier alpha value is -4.90. The number of amides is 2. The first-order valence-electron chi connectivity index (χ1n) is 7.92. The van der Waals surface area contributed by atoms with Crippen LogP contribution in [0.5, 0.6) is 0 Å². The third-order valence-corrected chi connectivity index (χ3v) is 2.93. The molecule has 0 aliphatic rings. The molecule has 0 spiro atoms. The summed E-state index contributed by atoms with van der Waals surface area (Å²) in [6.45, 7) is 5.49. The number of nitrogens with one attached hydrogen (secondary N) is 2. The molecule has 10 heteroatoms. The molecule has 0 saturated carbocycles. The van der Waals surface area contributed by atoms with Gasteiger partial charge in [-0.15, -0.1) is 0 Å². The van der Waals surface area contributed by atoms with Crippen molar-refractivity contribution in [1.29, 1.82) is 0 Å². The molecule has 1 aromatic rings. The van der Waals surface area contributed by atoms with Crippen LogP contribution < -0.4 is 10.6 Å². The van der Waals surface area contributed by atoms with Crippen LogP contribution in [-0.4, -0.2) is 47.6 Å². The van der Waals surface area contributed by atoms with Crippen molar-refractivity contribution in [3.63, 3.8) is 0 Å². The van der Waals surface area contributed by atoms with Crippen molar-refractivity contribution in [2.45, 2.75) is 45.7 Å². The molecule has 0 saturated heterocycles. The van der Waals surface area contributed by atoms with Gasteiger partial charge in [0.15, 0.2) is 0 Å². The molecule has 1 rings (SSSR count). The van der Waals surface area contributed by atoms with Gasteiger partial charge < -0.3 is 30.4 Å². The Morgan fingerprint density at radius 1 is 1.07 bits per heavy atom. The minimum absolute atomic E-state index is 0. The standard InChI is InChI=1S/C10H12NO.C7H12NO3.CH2O2.2Fm/c1-9(11-8-12)7-10-5-3-2-4-6-10;1-5(2)3-6(7(10)11)8-4-9;2-1-3;;/h2-6,9H,7H2,1H3,(H,11,12);5-6H,3H2,1-2H3,(H,8,9)(H,10,11);1H,(H,2,3);;/q2*-1;;;. The Bertz CT molecular complexity index is 518. The Morgan fingerprint density at radius 2 is 1.54 bits per heavy atom. The van der Waals surface area contributed by atoms with Crippen LogP contribution >= 0.6 is 0 Å². The fourth-order valence-electron chi connectivity index (χ4n) is 1.88. The summed E-state index contributed by atoms with van der Waals surface area (Å²) in [6, 6.07) is 9.41. The minimum atomic E-state index is -1.01. The maximum Gasteiger partial charge on any atom is 0.323 e. The SMILES string of the molecule is CC(C)CC(N[C-]=O)C(=O)O.CC(Cc1ccccc1)N[C-]=O.O=CO.[Fm].[Fm]. The van der Waals surface area contributed by atoms with Crippen molar-refractivity contribution >= 4 is 25.3 Å². The molecule has 0 aliphatic heterocycles. The number of benzene rings is 1. The maximum atomic E-state index is 10.4. The van der Waals surface area contributed by atoms with Gasteiger partial charge in [0, 0.05) is 0 Å². The molecule has 4 N–H and O–H groups in total. The van der Waals surface area contributed by atoms with Crippen molar-refractivity contribution in [2.75, 3.05) is 0 Å².